The van der Waals surface area contributed by atoms with Crippen LogP contribution in [0.4, 0.5) is 11.8 Å². The minimum atomic E-state index is -1.02. The van der Waals surface area contributed by atoms with Crippen molar-refractivity contribution in [1.29, 1.82) is 0 Å². The lowest BCUT2D eigenvalue weighted by molar-refractivity contribution is -0.158. The number of aromatic nitrogens is 3. The fourth-order valence-electron chi connectivity index (χ4n) is 3.62. The van der Waals surface area contributed by atoms with Crippen molar-refractivity contribution in [2.45, 2.75) is 71.6 Å². The number of hydrogen-bond donors (Lipinski definition) is 3. The molecular weight excluding hydrogens is 512 g/mol. The Balaban J connectivity index is 1.69. The highest BCUT2D eigenvalue weighted by atomic mass is 16.6. The van der Waals surface area contributed by atoms with E-state index in [2.05, 4.69) is 20.3 Å². The Labute approximate surface area is 233 Å². The van der Waals surface area contributed by atoms with E-state index in [0.717, 1.165) is 11.1 Å². The summed E-state index contributed by atoms with van der Waals surface area (Å²) in [7, 11) is 0. The van der Waals surface area contributed by atoms with Gasteiger partial charge in [0.25, 0.3) is 5.91 Å². The van der Waals surface area contributed by atoms with Crippen LogP contribution in [-0.2, 0) is 19.1 Å². The molecule has 0 bridgehead atoms. The van der Waals surface area contributed by atoms with Crippen molar-refractivity contribution in [3.8, 4) is 0 Å². The molecule has 212 valence electrons. The molecule has 3 aromatic rings. The van der Waals surface area contributed by atoms with Crippen molar-refractivity contribution in [2.75, 3.05) is 11.5 Å². The van der Waals surface area contributed by atoms with Crippen LogP contribution in [-0.4, -0.2) is 50.0 Å². The third-order valence-corrected chi connectivity index (χ3v) is 5.31. The van der Waals surface area contributed by atoms with Gasteiger partial charge in [-0.3, -0.25) is 9.59 Å². The largest absolute Gasteiger partial charge is 0.460 e. The first kappa shape index (κ1) is 30.0. The Morgan fingerprint density at radius 1 is 0.925 bits per heavy atom. The zero-order valence-electron chi connectivity index (χ0n) is 23.6. The average Bonchev–Trinajstić information content (AvgIpc) is 2.83. The maximum atomic E-state index is 13.0. The van der Waals surface area contributed by atoms with Gasteiger partial charge in [-0.15, -0.1) is 0 Å². The van der Waals surface area contributed by atoms with Crippen LogP contribution in [0, 0.1) is 0 Å². The number of nitrogen functional groups attached to an aromatic ring is 2. The molecule has 0 saturated heterocycles. The average molecular weight is 549 g/mol. The van der Waals surface area contributed by atoms with Gasteiger partial charge in [-0.2, -0.15) is 9.97 Å². The summed E-state index contributed by atoms with van der Waals surface area (Å²) >= 11 is 0. The van der Waals surface area contributed by atoms with Crippen LogP contribution < -0.4 is 16.8 Å². The molecule has 40 heavy (non-hydrogen) atoms. The maximum absolute atomic E-state index is 13.0. The Morgan fingerprint density at radius 3 is 2.17 bits per heavy atom. The first-order valence-corrected chi connectivity index (χ1v) is 12.8. The molecule has 0 aliphatic carbocycles. The molecule has 5 N–H and O–H groups in total. The number of carbonyl (C=O) groups is 3. The summed E-state index contributed by atoms with van der Waals surface area (Å²) in [5, 5.41) is 3.29. The van der Waals surface area contributed by atoms with Gasteiger partial charge in [0.1, 0.15) is 23.1 Å². The number of benzene rings is 1. The fraction of sp³-hybridized carbons (Fsp3) is 0.379. The topological polar surface area (TPSA) is 172 Å². The van der Waals surface area contributed by atoms with E-state index >= 15 is 0 Å². The van der Waals surface area contributed by atoms with Crippen molar-refractivity contribution < 1.29 is 23.9 Å². The first-order chi connectivity index (χ1) is 18.6. The van der Waals surface area contributed by atoms with Gasteiger partial charge in [0.05, 0.1) is 5.39 Å². The van der Waals surface area contributed by atoms with E-state index in [1.165, 1.54) is 0 Å². The minimum absolute atomic E-state index is 0.0400. The van der Waals surface area contributed by atoms with E-state index in [1.807, 2.05) is 18.2 Å². The first-order valence-electron chi connectivity index (χ1n) is 12.8. The van der Waals surface area contributed by atoms with Crippen LogP contribution in [0.1, 0.15) is 75.9 Å². The van der Waals surface area contributed by atoms with Crippen molar-refractivity contribution in [3.05, 3.63) is 53.2 Å². The number of nitrogens with one attached hydrogen (secondary N) is 1. The summed E-state index contributed by atoms with van der Waals surface area (Å²) in [6.45, 7) is 10.5. The maximum Gasteiger partial charge on any atom is 0.329 e. The molecule has 0 fully saturated rings. The number of pyridine rings is 1. The van der Waals surface area contributed by atoms with Crippen LogP contribution in [0.3, 0.4) is 0 Å². The highest BCUT2D eigenvalue weighted by Crippen LogP contribution is 2.20. The molecule has 0 aliphatic rings. The zero-order chi connectivity index (χ0) is 29.7. The third-order valence-electron chi connectivity index (χ3n) is 5.31. The van der Waals surface area contributed by atoms with Crippen molar-refractivity contribution in [3.63, 3.8) is 0 Å². The molecule has 0 radical (unpaired) electrons. The summed E-state index contributed by atoms with van der Waals surface area (Å²) in [5.41, 5.74) is 12.5. The predicted molar refractivity (Wildman–Crippen MR) is 154 cm³/mol. The van der Waals surface area contributed by atoms with E-state index in [0.29, 0.717) is 16.6 Å². The van der Waals surface area contributed by atoms with Crippen molar-refractivity contribution >= 4 is 52.8 Å². The molecule has 3 rings (SSSR count). The molecular formula is C29H36N6O5. The number of hydrogen-bond acceptors (Lipinski definition) is 10. The molecule has 2 heterocycles. The number of nitrogens with zero attached hydrogens (tertiary/aromatic N) is 3. The highest BCUT2D eigenvalue weighted by molar-refractivity contribution is 5.97. The fourth-order valence-corrected chi connectivity index (χ4v) is 3.62. The monoisotopic (exact) mass is 548 g/mol. The number of rotatable bonds is 8. The Kier molecular flexibility index (Phi) is 9.08. The van der Waals surface area contributed by atoms with Crippen LogP contribution in [0.25, 0.3) is 23.2 Å². The van der Waals surface area contributed by atoms with Crippen LogP contribution in [0.15, 0.2) is 36.5 Å². The number of ether oxygens (including phenoxy) is 2. The summed E-state index contributed by atoms with van der Waals surface area (Å²) in [5.74, 6) is -1.25. The summed E-state index contributed by atoms with van der Waals surface area (Å²) in [6, 6.07) is 7.60. The number of esters is 2. The molecule has 2 aromatic heterocycles. The standard InChI is InChI=1S/C29H36N6O5/c1-28(2,3)39-22(36)14-13-21(26(38)40-29(4,5)6)33-25(37)19-11-9-17(10-12-19)7-8-18-15-20-23(30)34-27(31)35-24(20)32-16-18/h7-12,15-16,21H,13-14H2,1-6H3,(H,33,37)(H4,30,31,32,34,35)/b8-7+/t21-/m0/s1. The van der Waals surface area contributed by atoms with Crippen molar-refractivity contribution in [2.24, 2.45) is 0 Å². The molecule has 0 saturated carbocycles. The molecule has 1 atom stereocenters. The molecule has 11 heteroatoms. The summed E-state index contributed by atoms with van der Waals surface area (Å²) in [4.78, 5) is 50.3. The lowest BCUT2D eigenvalue weighted by Gasteiger charge is -2.25. The lowest BCUT2D eigenvalue weighted by atomic mass is 10.1. The van der Waals surface area contributed by atoms with Gasteiger partial charge in [-0.25, -0.2) is 9.78 Å². The van der Waals surface area contributed by atoms with Gasteiger partial charge in [-0.05, 0) is 77.3 Å². The SMILES string of the molecule is CC(C)(C)OC(=O)CC[C@H](NC(=O)c1ccc(/C=C/c2cnc3nc(N)nc(N)c3c2)cc1)C(=O)OC(C)(C)C. The van der Waals surface area contributed by atoms with E-state index in [9.17, 15) is 14.4 Å². The van der Waals surface area contributed by atoms with Gasteiger partial charge in [0.2, 0.25) is 5.95 Å². The van der Waals surface area contributed by atoms with Crippen molar-refractivity contribution in [1.82, 2.24) is 20.3 Å². The molecule has 0 unspecified atom stereocenters. The summed E-state index contributed by atoms with van der Waals surface area (Å²) in [6.07, 6.45) is 5.31. The minimum Gasteiger partial charge on any atom is -0.460 e. The second kappa shape index (κ2) is 12.1. The van der Waals surface area contributed by atoms with Gasteiger partial charge in [0, 0.05) is 18.2 Å². The lowest BCUT2D eigenvalue weighted by Crippen LogP contribution is -2.44. The number of amides is 1. The number of fused-ring (bicyclic) bond motifs is 1. The van der Waals surface area contributed by atoms with Gasteiger partial charge in [0.15, 0.2) is 5.65 Å². The second-order valence-corrected chi connectivity index (χ2v) is 11.2. The summed E-state index contributed by atoms with van der Waals surface area (Å²) < 4.78 is 10.8. The molecule has 1 amide bonds. The number of anilines is 2. The smallest absolute Gasteiger partial charge is 0.329 e. The molecule has 0 aliphatic heterocycles. The third kappa shape index (κ3) is 9.04. The van der Waals surface area contributed by atoms with Gasteiger partial charge >= 0.3 is 11.9 Å². The molecule has 0 spiro atoms. The van der Waals surface area contributed by atoms with E-state index in [1.54, 1.807) is 72.0 Å². The predicted octanol–water partition coefficient (Wildman–Crippen LogP) is 3.92. The van der Waals surface area contributed by atoms with E-state index < -0.39 is 35.1 Å². The second-order valence-electron chi connectivity index (χ2n) is 11.2. The molecule has 11 nitrogen and oxygen atoms in total. The van der Waals surface area contributed by atoms with Crippen LogP contribution >= 0.6 is 0 Å². The highest BCUT2D eigenvalue weighted by Gasteiger charge is 2.28. The van der Waals surface area contributed by atoms with E-state index in [-0.39, 0.29) is 24.6 Å². The Morgan fingerprint density at radius 2 is 1.55 bits per heavy atom. The van der Waals surface area contributed by atoms with E-state index in [4.69, 9.17) is 20.9 Å². The van der Waals surface area contributed by atoms with Gasteiger partial charge < -0.3 is 26.3 Å². The van der Waals surface area contributed by atoms with Gasteiger partial charge in [-0.1, -0.05) is 24.3 Å². The zero-order valence-corrected chi connectivity index (χ0v) is 23.6. The normalized spacial score (nSPS) is 12.8. The quantitative estimate of drug-likeness (QED) is 0.350. The Bertz CT molecular complexity index is 1420. The molecule has 1 aromatic carbocycles. The van der Waals surface area contributed by atoms with Crippen LogP contribution in [0.2, 0.25) is 0 Å². The number of nitrogens with two attached hydrogens (primary N) is 2. The Hall–Kier alpha value is -4.54. The number of carbonyl (C=O) groups excluding carboxylic acids is 3. The van der Waals surface area contributed by atoms with Crippen LogP contribution in [0.5, 0.6) is 0 Å².